The number of nitrogens with zero attached hydrogens (tertiary/aromatic N) is 3. The monoisotopic (exact) mass is 217 g/mol. The number of anilines is 1. The van der Waals surface area contributed by atoms with E-state index < -0.39 is 0 Å². The maximum Gasteiger partial charge on any atom is 0.0955 e. The van der Waals surface area contributed by atoms with Crippen LogP contribution in [-0.2, 0) is 6.54 Å². The zero-order valence-corrected chi connectivity index (χ0v) is 9.44. The molecular formula is C11H15N5. The number of hydrogen-bond donors (Lipinski definition) is 2. The van der Waals surface area contributed by atoms with Crippen LogP contribution in [0.2, 0.25) is 0 Å². The van der Waals surface area contributed by atoms with Gasteiger partial charge >= 0.3 is 0 Å². The molecule has 0 radical (unpaired) electrons. The number of nitrogens with two attached hydrogens (primary N) is 1. The van der Waals surface area contributed by atoms with E-state index in [2.05, 4.69) is 20.0 Å². The van der Waals surface area contributed by atoms with Crippen LogP contribution >= 0.6 is 0 Å². The van der Waals surface area contributed by atoms with Gasteiger partial charge in [0.25, 0.3) is 0 Å². The van der Waals surface area contributed by atoms with E-state index in [0.29, 0.717) is 6.54 Å². The Balaban J connectivity index is 2.23. The predicted octanol–water partition coefficient (Wildman–Crippen LogP) is 1.23. The molecule has 0 aromatic carbocycles. The Hall–Kier alpha value is -1.88. The Labute approximate surface area is 94.3 Å². The maximum absolute atomic E-state index is 5.35. The molecule has 2 rings (SSSR count). The number of rotatable bonds is 3. The largest absolute Gasteiger partial charge is 0.329 e. The lowest BCUT2D eigenvalue weighted by Gasteiger charge is -2.06. The van der Waals surface area contributed by atoms with E-state index in [1.54, 1.807) is 6.20 Å². The number of aryl methyl sites for hydroxylation is 1. The van der Waals surface area contributed by atoms with Gasteiger partial charge in [0.15, 0.2) is 0 Å². The molecule has 0 spiro atoms. The Morgan fingerprint density at radius 3 is 2.81 bits per heavy atom. The molecule has 84 valence electrons. The van der Waals surface area contributed by atoms with Gasteiger partial charge in [-0.15, -0.1) is 0 Å². The number of nitrogens with one attached hydrogen (secondary N) is 1. The van der Waals surface area contributed by atoms with Crippen molar-refractivity contribution in [2.75, 3.05) is 5.43 Å². The fourth-order valence-electron chi connectivity index (χ4n) is 1.53. The number of aromatic nitrogens is 3. The second-order valence-corrected chi connectivity index (χ2v) is 3.72. The number of hydrogen-bond acceptors (Lipinski definition) is 4. The number of imidazole rings is 1. The minimum absolute atomic E-state index is 0.711. The molecule has 0 saturated heterocycles. The van der Waals surface area contributed by atoms with Crippen LogP contribution in [0.25, 0.3) is 0 Å². The lowest BCUT2D eigenvalue weighted by atomic mass is 10.3. The summed E-state index contributed by atoms with van der Waals surface area (Å²) in [7, 11) is 0. The highest BCUT2D eigenvalue weighted by Crippen LogP contribution is 2.10. The van der Waals surface area contributed by atoms with Gasteiger partial charge in [-0.25, -0.2) is 4.98 Å². The number of nitrogen functional groups attached to an aromatic ring is 1. The van der Waals surface area contributed by atoms with Crippen LogP contribution in [0.3, 0.4) is 0 Å². The minimum atomic E-state index is 0.711. The highest BCUT2D eigenvalue weighted by molar-refractivity contribution is 5.41. The third-order valence-electron chi connectivity index (χ3n) is 2.66. The molecular weight excluding hydrogens is 202 g/mol. The second kappa shape index (κ2) is 4.32. The molecule has 0 amide bonds. The first-order valence-electron chi connectivity index (χ1n) is 5.10. The Morgan fingerprint density at radius 1 is 1.38 bits per heavy atom. The third-order valence-corrected chi connectivity index (χ3v) is 2.66. The topological polar surface area (TPSA) is 68.8 Å². The van der Waals surface area contributed by atoms with Crippen molar-refractivity contribution in [3.8, 4) is 0 Å². The summed E-state index contributed by atoms with van der Waals surface area (Å²) >= 11 is 0. The highest BCUT2D eigenvalue weighted by atomic mass is 15.2. The van der Waals surface area contributed by atoms with Crippen LogP contribution in [0.4, 0.5) is 5.69 Å². The van der Waals surface area contributed by atoms with Crippen molar-refractivity contribution in [3.63, 3.8) is 0 Å². The Morgan fingerprint density at radius 2 is 2.19 bits per heavy atom. The third kappa shape index (κ3) is 2.04. The molecule has 0 aliphatic heterocycles. The van der Waals surface area contributed by atoms with E-state index in [0.717, 1.165) is 22.8 Å². The summed E-state index contributed by atoms with van der Waals surface area (Å²) in [5.41, 5.74) is 6.63. The van der Waals surface area contributed by atoms with E-state index in [4.69, 9.17) is 5.84 Å². The zero-order valence-electron chi connectivity index (χ0n) is 9.44. The minimum Gasteiger partial charge on any atom is -0.329 e. The molecule has 2 aromatic heterocycles. The van der Waals surface area contributed by atoms with Gasteiger partial charge in [0.1, 0.15) is 0 Å². The first kappa shape index (κ1) is 10.6. The highest BCUT2D eigenvalue weighted by Gasteiger charge is 2.03. The van der Waals surface area contributed by atoms with Crippen LogP contribution in [0.5, 0.6) is 0 Å². The van der Waals surface area contributed by atoms with Crippen molar-refractivity contribution in [2.45, 2.75) is 20.4 Å². The van der Waals surface area contributed by atoms with Crippen molar-refractivity contribution in [3.05, 3.63) is 41.7 Å². The molecule has 2 heterocycles. The molecule has 5 nitrogen and oxygen atoms in total. The van der Waals surface area contributed by atoms with Gasteiger partial charge in [0, 0.05) is 11.9 Å². The summed E-state index contributed by atoms with van der Waals surface area (Å²) in [6.45, 7) is 4.76. The van der Waals surface area contributed by atoms with Gasteiger partial charge in [-0.2, -0.15) is 0 Å². The summed E-state index contributed by atoms with van der Waals surface area (Å²) in [5.74, 6) is 5.35. The molecule has 0 saturated carbocycles. The standard InChI is InChI=1S/C11H15N5/c1-8-9(2)16(7-14-8)6-11-5-10(15-12)3-4-13-11/h3-5,7H,6,12H2,1-2H3,(H,13,15). The van der Waals surface area contributed by atoms with Crippen LogP contribution in [0.15, 0.2) is 24.7 Å². The summed E-state index contributed by atoms with van der Waals surface area (Å²) in [6.07, 6.45) is 3.57. The fourth-order valence-corrected chi connectivity index (χ4v) is 1.53. The molecule has 2 aromatic rings. The van der Waals surface area contributed by atoms with Crippen LogP contribution in [0.1, 0.15) is 17.1 Å². The van der Waals surface area contributed by atoms with Crippen molar-refractivity contribution in [1.82, 2.24) is 14.5 Å². The number of pyridine rings is 1. The molecule has 3 N–H and O–H groups in total. The van der Waals surface area contributed by atoms with Gasteiger partial charge < -0.3 is 9.99 Å². The van der Waals surface area contributed by atoms with Crippen molar-refractivity contribution in [1.29, 1.82) is 0 Å². The molecule has 0 unspecified atom stereocenters. The van der Waals surface area contributed by atoms with Gasteiger partial charge in [-0.3, -0.25) is 10.8 Å². The average Bonchev–Trinajstić information content (AvgIpc) is 2.61. The molecule has 5 heteroatoms. The summed E-state index contributed by atoms with van der Waals surface area (Å²) in [6, 6.07) is 3.75. The van der Waals surface area contributed by atoms with E-state index in [1.165, 1.54) is 0 Å². The van der Waals surface area contributed by atoms with Crippen molar-refractivity contribution in [2.24, 2.45) is 5.84 Å². The van der Waals surface area contributed by atoms with Crippen molar-refractivity contribution < 1.29 is 0 Å². The summed E-state index contributed by atoms with van der Waals surface area (Å²) in [5, 5.41) is 0. The van der Waals surface area contributed by atoms with E-state index in [1.807, 2.05) is 32.3 Å². The van der Waals surface area contributed by atoms with E-state index >= 15 is 0 Å². The lowest BCUT2D eigenvalue weighted by Crippen LogP contribution is -2.08. The summed E-state index contributed by atoms with van der Waals surface area (Å²) < 4.78 is 2.07. The van der Waals surface area contributed by atoms with Crippen LogP contribution < -0.4 is 11.3 Å². The molecule has 0 aliphatic rings. The summed E-state index contributed by atoms with van der Waals surface area (Å²) in [4.78, 5) is 8.54. The van der Waals surface area contributed by atoms with Crippen molar-refractivity contribution >= 4 is 5.69 Å². The molecule has 0 bridgehead atoms. The van der Waals surface area contributed by atoms with Crippen LogP contribution in [0, 0.1) is 13.8 Å². The molecule has 0 aliphatic carbocycles. The Kier molecular flexibility index (Phi) is 2.87. The normalized spacial score (nSPS) is 10.4. The predicted molar refractivity (Wildman–Crippen MR) is 62.9 cm³/mol. The quantitative estimate of drug-likeness (QED) is 0.599. The maximum atomic E-state index is 5.35. The van der Waals surface area contributed by atoms with Gasteiger partial charge in [0.2, 0.25) is 0 Å². The smallest absolute Gasteiger partial charge is 0.0955 e. The zero-order chi connectivity index (χ0) is 11.5. The average molecular weight is 217 g/mol. The number of hydrazine groups is 1. The van der Waals surface area contributed by atoms with E-state index in [-0.39, 0.29) is 0 Å². The van der Waals surface area contributed by atoms with Crippen LogP contribution in [-0.4, -0.2) is 14.5 Å². The lowest BCUT2D eigenvalue weighted by molar-refractivity contribution is 0.748. The van der Waals surface area contributed by atoms with Gasteiger partial charge in [-0.1, -0.05) is 0 Å². The Bertz CT molecular complexity index is 489. The fraction of sp³-hybridized carbons (Fsp3) is 0.273. The van der Waals surface area contributed by atoms with E-state index in [9.17, 15) is 0 Å². The molecule has 0 fully saturated rings. The molecule has 0 atom stereocenters. The molecule has 16 heavy (non-hydrogen) atoms. The SMILES string of the molecule is Cc1ncn(Cc2cc(NN)ccn2)c1C. The first-order chi connectivity index (χ1) is 7.70. The second-order valence-electron chi connectivity index (χ2n) is 3.72. The van der Waals surface area contributed by atoms with Gasteiger partial charge in [-0.05, 0) is 26.0 Å². The van der Waals surface area contributed by atoms with Gasteiger partial charge in [0.05, 0.1) is 29.9 Å². The first-order valence-corrected chi connectivity index (χ1v) is 5.10.